The molecule has 5 aliphatic rings. The van der Waals surface area contributed by atoms with E-state index in [1.807, 2.05) is 0 Å². The van der Waals surface area contributed by atoms with Crippen LogP contribution in [0.15, 0.2) is 231 Å². The summed E-state index contributed by atoms with van der Waals surface area (Å²) < 4.78 is 0. The number of fused-ring (bicyclic) bond motifs is 3. The number of anilines is 8. The van der Waals surface area contributed by atoms with E-state index in [0.717, 1.165) is 18.5 Å². The topological polar surface area (TPSA) is 9.72 Å². The van der Waals surface area contributed by atoms with Crippen LogP contribution in [0.1, 0.15) is 120 Å². The maximum absolute atomic E-state index is 2.81. The zero-order valence-electron chi connectivity index (χ0n) is 48.2. The van der Waals surface area contributed by atoms with Crippen LogP contribution in [-0.4, -0.2) is 12.3 Å². The molecular weight excluding hydrogens is 978 g/mol. The summed E-state index contributed by atoms with van der Waals surface area (Å²) in [6.07, 6.45) is 4.67. The third kappa shape index (κ3) is 7.14. The fourth-order valence-corrected chi connectivity index (χ4v) is 15.7. The van der Waals surface area contributed by atoms with Gasteiger partial charge in [0.1, 0.15) is 0 Å². The van der Waals surface area contributed by atoms with Gasteiger partial charge in [0.05, 0.1) is 11.0 Å². The van der Waals surface area contributed by atoms with E-state index in [4.69, 9.17) is 0 Å². The van der Waals surface area contributed by atoms with Gasteiger partial charge in [-0.15, -0.1) is 0 Å². The summed E-state index contributed by atoms with van der Waals surface area (Å²) in [4.78, 5) is 8.12. The molecule has 0 aromatic heterocycles. The molecule has 0 saturated heterocycles. The molecular formula is C77H70BN3. The second-order valence-electron chi connectivity index (χ2n) is 26.4. The number of benzene rings is 10. The van der Waals surface area contributed by atoms with E-state index in [9.17, 15) is 0 Å². The summed E-state index contributed by atoms with van der Waals surface area (Å²) >= 11 is 0. The van der Waals surface area contributed by atoms with Crippen LogP contribution < -0.4 is 31.1 Å². The normalized spacial score (nSPS) is 19.0. The first-order valence-corrected chi connectivity index (χ1v) is 29.7. The summed E-state index contributed by atoms with van der Waals surface area (Å²) in [5, 5.41) is 0. The van der Waals surface area contributed by atoms with E-state index in [-0.39, 0.29) is 28.5 Å². The molecule has 2 unspecified atom stereocenters. The molecule has 81 heavy (non-hydrogen) atoms. The highest BCUT2D eigenvalue weighted by molar-refractivity contribution is 7.01. The van der Waals surface area contributed by atoms with Gasteiger partial charge in [-0.3, -0.25) is 0 Å². The number of nitrogens with zero attached hydrogens (tertiary/aromatic N) is 3. The third-order valence-electron chi connectivity index (χ3n) is 20.0. The Bertz CT molecular complexity index is 4060. The Balaban J connectivity index is 1.04. The van der Waals surface area contributed by atoms with Gasteiger partial charge >= 0.3 is 0 Å². The summed E-state index contributed by atoms with van der Waals surface area (Å²) in [6.45, 7) is 19.0. The number of hydrogen-bond acceptors (Lipinski definition) is 3. The maximum atomic E-state index is 2.81. The molecule has 0 spiro atoms. The second kappa shape index (κ2) is 17.8. The van der Waals surface area contributed by atoms with Crippen LogP contribution in [0.4, 0.5) is 45.5 Å². The van der Waals surface area contributed by atoms with Gasteiger partial charge in [0, 0.05) is 50.9 Å². The van der Waals surface area contributed by atoms with Crippen molar-refractivity contribution < 1.29 is 0 Å². The van der Waals surface area contributed by atoms with Gasteiger partial charge in [-0.1, -0.05) is 231 Å². The van der Waals surface area contributed by atoms with Crippen LogP contribution in [0.25, 0.3) is 22.3 Å². The van der Waals surface area contributed by atoms with E-state index in [1.54, 1.807) is 0 Å². The molecule has 0 bridgehead atoms. The highest BCUT2D eigenvalue weighted by Crippen LogP contribution is 2.63. The monoisotopic (exact) mass is 1050 g/mol. The molecule has 2 atom stereocenters. The standard InChI is InChI=1S/C77H70BN3/c1-73(2,3)55-37-32-52(33-38-55)53-34-41-59(42-35-53)79-66-30-20-28-62-70(66)78-71-63(77(62,57-24-14-10-15-25-57)58-26-16-11-17-27-58)29-21-31-67(71)80(60-43-39-56(40-44-60)74(4,5)6)69-50-61(49-68(79)72(69)78)81-65-45-36-54(51-22-12-9-13-23-51)48-64(65)75(7)46-18-19-47-76(75,81)8/h9-17,20-45,48-50H,18-19,46-47H2,1-8H3. The lowest BCUT2D eigenvalue weighted by atomic mass is 9.28. The Morgan fingerprint density at radius 1 is 0.358 bits per heavy atom. The van der Waals surface area contributed by atoms with E-state index in [1.165, 1.54) is 130 Å². The van der Waals surface area contributed by atoms with E-state index >= 15 is 0 Å². The van der Waals surface area contributed by atoms with E-state index in [2.05, 4.69) is 301 Å². The molecule has 4 heteroatoms. The third-order valence-corrected chi connectivity index (χ3v) is 20.0. The second-order valence-corrected chi connectivity index (χ2v) is 26.4. The van der Waals surface area contributed by atoms with Crippen molar-refractivity contribution in [3.05, 3.63) is 269 Å². The first-order chi connectivity index (χ1) is 39.2. The summed E-state index contributed by atoms with van der Waals surface area (Å²) in [5.41, 5.74) is 27.5. The van der Waals surface area contributed by atoms with Gasteiger partial charge in [-0.05, 0) is 169 Å². The molecule has 4 heterocycles. The van der Waals surface area contributed by atoms with Gasteiger partial charge in [0.25, 0.3) is 6.71 Å². The fraction of sp³-hybridized carbons (Fsp3) is 0.221. The Labute approximate surface area is 480 Å². The lowest BCUT2D eigenvalue weighted by Gasteiger charge is -2.53. The minimum absolute atomic E-state index is 0.000856. The van der Waals surface area contributed by atoms with Crippen LogP contribution in [0.2, 0.25) is 0 Å². The molecule has 10 aromatic carbocycles. The summed E-state index contributed by atoms with van der Waals surface area (Å²) in [7, 11) is 0. The van der Waals surface area contributed by atoms with Crippen LogP contribution in [0, 0.1) is 0 Å². The number of hydrogen-bond donors (Lipinski definition) is 0. The SMILES string of the molecule is CC(C)(C)c1ccc(-c2ccc(N3c4cc(N5c6ccc(-c7ccccc7)cc6C6(C)CCCCC56C)cc5c4B4c6c3cccc6C(c3ccccc3)(c3ccccc3)c3cccc(c34)N5c3ccc(C(C)(C)C)cc3)cc2)cc1. The molecule has 1 saturated carbocycles. The highest BCUT2D eigenvalue weighted by atomic mass is 15.3. The zero-order chi connectivity index (χ0) is 55.2. The van der Waals surface area contributed by atoms with Crippen molar-refractivity contribution >= 4 is 68.6 Å². The molecule has 15 rings (SSSR count). The lowest BCUT2D eigenvalue weighted by Crippen LogP contribution is -2.68. The predicted molar refractivity (Wildman–Crippen MR) is 343 cm³/mol. The van der Waals surface area contributed by atoms with Crippen LogP contribution >= 0.6 is 0 Å². The quantitative estimate of drug-likeness (QED) is 0.147. The van der Waals surface area contributed by atoms with Crippen molar-refractivity contribution in [3.63, 3.8) is 0 Å². The minimum Gasteiger partial charge on any atom is -0.334 e. The molecule has 0 N–H and O–H groups in total. The smallest absolute Gasteiger partial charge is 0.253 e. The number of rotatable bonds is 7. The fourth-order valence-electron chi connectivity index (χ4n) is 15.7. The minimum atomic E-state index is -0.626. The molecule has 10 aromatic rings. The first kappa shape index (κ1) is 49.7. The van der Waals surface area contributed by atoms with Crippen molar-refractivity contribution in [3.8, 4) is 22.3 Å². The molecule has 3 nitrogen and oxygen atoms in total. The van der Waals surface area contributed by atoms with Crippen molar-refractivity contribution in [1.29, 1.82) is 0 Å². The van der Waals surface area contributed by atoms with Crippen molar-refractivity contribution in [2.24, 2.45) is 0 Å². The molecule has 0 radical (unpaired) electrons. The van der Waals surface area contributed by atoms with Gasteiger partial charge in [0.15, 0.2) is 0 Å². The summed E-state index contributed by atoms with van der Waals surface area (Å²) in [6, 6.07) is 89.0. The average molecular weight is 1050 g/mol. The molecule has 1 aliphatic carbocycles. The maximum Gasteiger partial charge on any atom is 0.253 e. The lowest BCUT2D eigenvalue weighted by molar-refractivity contribution is 0.195. The Hall–Kier alpha value is -8.34. The largest absolute Gasteiger partial charge is 0.334 e. The van der Waals surface area contributed by atoms with E-state index in [0.29, 0.717) is 0 Å². The summed E-state index contributed by atoms with van der Waals surface area (Å²) in [5.74, 6) is 0. The van der Waals surface area contributed by atoms with Crippen LogP contribution in [0.3, 0.4) is 0 Å². The molecule has 396 valence electrons. The van der Waals surface area contributed by atoms with Crippen molar-refractivity contribution in [2.75, 3.05) is 14.7 Å². The van der Waals surface area contributed by atoms with Gasteiger partial charge < -0.3 is 14.7 Å². The Morgan fingerprint density at radius 2 is 0.802 bits per heavy atom. The first-order valence-electron chi connectivity index (χ1n) is 29.7. The predicted octanol–water partition coefficient (Wildman–Crippen LogP) is 18.1. The zero-order valence-corrected chi connectivity index (χ0v) is 48.2. The highest BCUT2D eigenvalue weighted by Gasteiger charge is 2.59. The van der Waals surface area contributed by atoms with Crippen LogP contribution in [0.5, 0.6) is 0 Å². The average Bonchev–Trinajstić information content (AvgIpc) is 1.89. The van der Waals surface area contributed by atoms with E-state index < -0.39 is 5.41 Å². The Morgan fingerprint density at radius 3 is 1.32 bits per heavy atom. The molecule has 0 amide bonds. The van der Waals surface area contributed by atoms with Crippen molar-refractivity contribution in [2.45, 2.75) is 108 Å². The molecule has 4 aliphatic heterocycles. The van der Waals surface area contributed by atoms with Gasteiger partial charge in [0.2, 0.25) is 0 Å². The Kier molecular flexibility index (Phi) is 10.9. The van der Waals surface area contributed by atoms with Crippen LogP contribution in [-0.2, 0) is 21.7 Å². The van der Waals surface area contributed by atoms with Crippen molar-refractivity contribution in [1.82, 2.24) is 0 Å². The van der Waals surface area contributed by atoms with Gasteiger partial charge in [-0.2, -0.15) is 0 Å². The molecule has 1 fully saturated rings. The van der Waals surface area contributed by atoms with Gasteiger partial charge in [-0.25, -0.2) is 0 Å².